The lowest BCUT2D eigenvalue weighted by atomic mass is 9.86. The van der Waals surface area contributed by atoms with Crippen molar-refractivity contribution in [2.24, 2.45) is 5.92 Å². The molecule has 1 saturated carbocycles. The number of carbonyl (C=O) groups excluding carboxylic acids is 1. The zero-order valence-electron chi connectivity index (χ0n) is 15.3. The molecule has 1 aliphatic carbocycles. The average Bonchev–Trinajstić information content (AvgIpc) is 2.58. The Hall–Kier alpha value is -1.74. The van der Waals surface area contributed by atoms with Gasteiger partial charge < -0.3 is 5.32 Å². The number of nitrogens with zero attached hydrogens (tertiary/aromatic N) is 3. The van der Waals surface area contributed by atoms with Crippen LogP contribution in [0, 0.1) is 5.92 Å². The number of sulfonamides is 1. The van der Waals surface area contributed by atoms with Crippen molar-refractivity contribution >= 4 is 15.9 Å². The molecule has 0 unspecified atom stereocenters. The second-order valence-corrected chi connectivity index (χ2v) is 9.37. The first-order valence-electron chi connectivity index (χ1n) is 9.07. The Kier molecular flexibility index (Phi) is 5.47. The average molecular weight is 382 g/mol. The summed E-state index contributed by atoms with van der Waals surface area (Å²) in [6.07, 6.45) is 7.22. The van der Waals surface area contributed by atoms with Crippen LogP contribution in [0.4, 0.5) is 0 Å². The minimum absolute atomic E-state index is 0.0574. The highest BCUT2D eigenvalue weighted by molar-refractivity contribution is 7.88. The van der Waals surface area contributed by atoms with E-state index in [-0.39, 0.29) is 37.1 Å². The third-order valence-corrected chi connectivity index (χ3v) is 6.65. The Bertz CT molecular complexity index is 849. The third kappa shape index (κ3) is 4.15. The number of carbonyl (C=O) groups is 1. The Morgan fingerprint density at radius 3 is 2.77 bits per heavy atom. The smallest absolute Gasteiger partial charge is 0.257 e. The maximum atomic E-state index is 12.6. The van der Waals surface area contributed by atoms with Crippen molar-refractivity contribution in [3.05, 3.63) is 27.9 Å². The van der Waals surface area contributed by atoms with Crippen molar-refractivity contribution in [1.29, 1.82) is 0 Å². The Balaban J connectivity index is 1.70. The minimum atomic E-state index is -3.31. The molecule has 2 heterocycles. The van der Waals surface area contributed by atoms with Gasteiger partial charge in [0.05, 0.1) is 24.8 Å². The van der Waals surface area contributed by atoms with E-state index >= 15 is 0 Å². The maximum Gasteiger partial charge on any atom is 0.257 e. The molecule has 0 aromatic carbocycles. The van der Waals surface area contributed by atoms with Gasteiger partial charge >= 0.3 is 0 Å². The van der Waals surface area contributed by atoms with Crippen LogP contribution in [0.3, 0.4) is 0 Å². The summed E-state index contributed by atoms with van der Waals surface area (Å²) in [5.74, 6) is 0.272. The first-order valence-corrected chi connectivity index (χ1v) is 10.9. The van der Waals surface area contributed by atoms with E-state index in [1.807, 2.05) is 0 Å². The van der Waals surface area contributed by atoms with Crippen LogP contribution in [0.25, 0.3) is 0 Å². The van der Waals surface area contributed by atoms with E-state index in [0.29, 0.717) is 23.6 Å². The molecule has 2 atom stereocenters. The van der Waals surface area contributed by atoms with Crippen molar-refractivity contribution in [2.75, 3.05) is 12.8 Å². The molecule has 1 aromatic rings. The van der Waals surface area contributed by atoms with Crippen LogP contribution in [0.1, 0.15) is 43.9 Å². The molecule has 1 amide bonds. The molecule has 0 spiro atoms. The molecular weight excluding hydrogens is 356 g/mol. The summed E-state index contributed by atoms with van der Waals surface area (Å²) in [7, 11) is -3.31. The number of hydrogen-bond donors (Lipinski definition) is 1. The molecule has 0 radical (unpaired) electrons. The van der Waals surface area contributed by atoms with Crippen LogP contribution < -0.4 is 10.9 Å². The first-order chi connectivity index (χ1) is 12.3. The van der Waals surface area contributed by atoms with Crippen LogP contribution in [0.15, 0.2) is 11.1 Å². The molecule has 1 N–H and O–H groups in total. The van der Waals surface area contributed by atoms with E-state index in [0.717, 1.165) is 25.5 Å². The second kappa shape index (κ2) is 7.48. The van der Waals surface area contributed by atoms with Crippen molar-refractivity contribution in [3.63, 3.8) is 0 Å². The molecule has 3 rings (SSSR count). The molecule has 1 aromatic heterocycles. The number of amides is 1. The fourth-order valence-corrected chi connectivity index (χ4v) is 4.55. The van der Waals surface area contributed by atoms with Crippen LogP contribution in [-0.2, 0) is 34.3 Å². The molecule has 1 fully saturated rings. The predicted molar refractivity (Wildman–Crippen MR) is 97.0 cm³/mol. The Labute approximate surface area is 153 Å². The normalized spacial score (nSPS) is 24.1. The van der Waals surface area contributed by atoms with Gasteiger partial charge in [0.1, 0.15) is 6.54 Å². The zero-order valence-corrected chi connectivity index (χ0v) is 16.1. The van der Waals surface area contributed by atoms with E-state index < -0.39 is 10.0 Å². The molecule has 8 nitrogen and oxygen atoms in total. The highest BCUT2D eigenvalue weighted by atomic mass is 32.2. The first kappa shape index (κ1) is 19.0. The Morgan fingerprint density at radius 2 is 2.08 bits per heavy atom. The van der Waals surface area contributed by atoms with Crippen LogP contribution >= 0.6 is 0 Å². The van der Waals surface area contributed by atoms with Gasteiger partial charge in [-0.05, 0) is 25.2 Å². The molecule has 1 aliphatic heterocycles. The monoisotopic (exact) mass is 382 g/mol. The maximum absolute atomic E-state index is 12.6. The van der Waals surface area contributed by atoms with E-state index in [1.54, 1.807) is 0 Å². The van der Waals surface area contributed by atoms with Crippen molar-refractivity contribution in [1.82, 2.24) is 19.2 Å². The highest BCUT2D eigenvalue weighted by Crippen LogP contribution is 2.23. The second-order valence-electron chi connectivity index (χ2n) is 7.39. The molecule has 26 heavy (non-hydrogen) atoms. The van der Waals surface area contributed by atoms with Crippen LogP contribution in [0.2, 0.25) is 0 Å². The molecule has 0 bridgehead atoms. The van der Waals surface area contributed by atoms with Gasteiger partial charge in [0.15, 0.2) is 0 Å². The summed E-state index contributed by atoms with van der Waals surface area (Å²) in [6.45, 7) is 2.46. The lowest BCUT2D eigenvalue weighted by molar-refractivity contribution is -0.123. The standard InChI is InChI=1S/C17H26N4O4S/c1-12-5-3-4-6-14(12)19-16(22)10-20-11-18-15-9-21(26(2,24)25)8-7-13(15)17(20)23/h11-12,14H,3-10H2,1-2H3,(H,19,22)/t12-,14+/m1/s1. The van der Waals surface area contributed by atoms with E-state index in [1.165, 1.54) is 21.6 Å². The summed E-state index contributed by atoms with van der Waals surface area (Å²) in [6, 6.07) is 0.167. The lowest BCUT2D eigenvalue weighted by Crippen LogP contribution is -2.44. The van der Waals surface area contributed by atoms with Gasteiger partial charge in [-0.25, -0.2) is 13.4 Å². The summed E-state index contributed by atoms with van der Waals surface area (Å²) in [4.78, 5) is 29.2. The molecular formula is C17H26N4O4S. The van der Waals surface area contributed by atoms with Gasteiger partial charge in [-0.2, -0.15) is 4.31 Å². The minimum Gasteiger partial charge on any atom is -0.352 e. The van der Waals surface area contributed by atoms with Gasteiger partial charge in [0.25, 0.3) is 5.56 Å². The van der Waals surface area contributed by atoms with Crippen molar-refractivity contribution < 1.29 is 13.2 Å². The SMILES string of the molecule is C[C@@H]1CCCC[C@@H]1NC(=O)Cn1cnc2c(c1=O)CCN(S(C)(=O)=O)C2. The Morgan fingerprint density at radius 1 is 1.35 bits per heavy atom. The highest BCUT2D eigenvalue weighted by Gasteiger charge is 2.27. The quantitative estimate of drug-likeness (QED) is 0.805. The number of aromatic nitrogens is 2. The summed E-state index contributed by atoms with van der Waals surface area (Å²) >= 11 is 0. The van der Waals surface area contributed by atoms with E-state index in [4.69, 9.17) is 0 Å². The molecule has 9 heteroatoms. The van der Waals surface area contributed by atoms with Gasteiger partial charge in [0.2, 0.25) is 15.9 Å². The fraction of sp³-hybridized carbons (Fsp3) is 0.706. The summed E-state index contributed by atoms with van der Waals surface area (Å²) in [5, 5.41) is 3.04. The van der Waals surface area contributed by atoms with E-state index in [9.17, 15) is 18.0 Å². The van der Waals surface area contributed by atoms with Crippen molar-refractivity contribution in [2.45, 2.75) is 58.2 Å². The van der Waals surface area contributed by atoms with Gasteiger partial charge in [-0.15, -0.1) is 0 Å². The zero-order chi connectivity index (χ0) is 18.9. The molecule has 0 saturated heterocycles. The van der Waals surface area contributed by atoms with Crippen molar-refractivity contribution in [3.8, 4) is 0 Å². The van der Waals surface area contributed by atoms with Gasteiger partial charge in [-0.1, -0.05) is 19.8 Å². The topological polar surface area (TPSA) is 101 Å². The molecule has 144 valence electrons. The van der Waals surface area contributed by atoms with E-state index in [2.05, 4.69) is 17.2 Å². The largest absolute Gasteiger partial charge is 0.352 e. The van der Waals surface area contributed by atoms with Gasteiger partial charge in [-0.3, -0.25) is 14.2 Å². The van der Waals surface area contributed by atoms with Gasteiger partial charge in [0, 0.05) is 18.2 Å². The third-order valence-electron chi connectivity index (χ3n) is 5.40. The fourth-order valence-electron chi connectivity index (χ4n) is 3.77. The van der Waals surface area contributed by atoms with Crippen LogP contribution in [-0.4, -0.2) is 47.0 Å². The molecule has 2 aliphatic rings. The predicted octanol–water partition coefficient (Wildman–Crippen LogP) is 0.256. The number of hydrogen-bond acceptors (Lipinski definition) is 5. The van der Waals surface area contributed by atoms with Crippen LogP contribution in [0.5, 0.6) is 0 Å². The number of fused-ring (bicyclic) bond motifs is 1. The lowest BCUT2D eigenvalue weighted by Gasteiger charge is -2.29. The number of nitrogens with one attached hydrogen (secondary N) is 1. The summed E-state index contributed by atoms with van der Waals surface area (Å²) in [5.41, 5.74) is 0.727. The number of rotatable bonds is 4. The summed E-state index contributed by atoms with van der Waals surface area (Å²) < 4.78 is 26.0.